The van der Waals surface area contributed by atoms with E-state index in [4.69, 9.17) is 0 Å². The van der Waals surface area contributed by atoms with Gasteiger partial charge in [0.05, 0.1) is 5.56 Å². The molecule has 0 nitrogen and oxygen atoms in total. The number of hydrogen-bond acceptors (Lipinski definition) is 0. The third-order valence-corrected chi connectivity index (χ3v) is 8.25. The highest BCUT2D eigenvalue weighted by atomic mass is 19.4. The van der Waals surface area contributed by atoms with Crippen molar-refractivity contribution in [1.29, 1.82) is 0 Å². The molecular formula is C43H35F5. The number of hydrogen-bond donors (Lipinski definition) is 0. The van der Waals surface area contributed by atoms with E-state index < -0.39 is 17.6 Å². The number of benzene rings is 5. The van der Waals surface area contributed by atoms with Crippen molar-refractivity contribution in [1.82, 2.24) is 0 Å². The summed E-state index contributed by atoms with van der Waals surface area (Å²) in [5.74, 6) is 10.2. The molecule has 0 radical (unpaired) electrons. The van der Waals surface area contributed by atoms with Crippen molar-refractivity contribution in [3.05, 3.63) is 154 Å². The minimum Gasteiger partial charge on any atom is -0.206 e. The fraction of sp³-hybridized carbons (Fsp3) is 0.209. The second kappa shape index (κ2) is 15.6. The van der Waals surface area contributed by atoms with E-state index in [1.54, 1.807) is 6.07 Å². The van der Waals surface area contributed by atoms with Crippen LogP contribution in [0.5, 0.6) is 0 Å². The normalized spacial score (nSPS) is 11.0. The van der Waals surface area contributed by atoms with Gasteiger partial charge in [0.15, 0.2) is 0 Å². The molecule has 0 bridgehead atoms. The molecule has 0 heterocycles. The maximum atomic E-state index is 15.2. The average Bonchev–Trinajstić information content (AvgIpc) is 3.08. The van der Waals surface area contributed by atoms with Crippen LogP contribution in [0.2, 0.25) is 0 Å². The molecule has 0 N–H and O–H groups in total. The average molecular weight is 647 g/mol. The lowest BCUT2D eigenvalue weighted by Gasteiger charge is -2.11. The summed E-state index contributed by atoms with van der Waals surface area (Å²) < 4.78 is 68.9. The molecule has 0 unspecified atom stereocenters. The molecule has 242 valence electrons. The predicted octanol–water partition coefficient (Wildman–Crippen LogP) is 11.4. The summed E-state index contributed by atoms with van der Waals surface area (Å²) in [5, 5.41) is 0. The smallest absolute Gasteiger partial charge is 0.206 e. The fourth-order valence-electron chi connectivity index (χ4n) is 5.59. The van der Waals surface area contributed by atoms with Crippen molar-refractivity contribution in [3.8, 4) is 45.9 Å². The first kappa shape index (κ1) is 34.2. The van der Waals surface area contributed by atoms with E-state index in [2.05, 4.69) is 35.8 Å². The molecule has 0 spiro atoms. The topological polar surface area (TPSA) is 0 Å². The Hall–Kier alpha value is -5.13. The fourth-order valence-corrected chi connectivity index (χ4v) is 5.59. The summed E-state index contributed by atoms with van der Waals surface area (Å²) in [6.07, 6.45) is -0.466. The van der Waals surface area contributed by atoms with Crippen LogP contribution >= 0.6 is 0 Å². The molecule has 5 heteroatoms. The van der Waals surface area contributed by atoms with Crippen LogP contribution in [0.3, 0.4) is 0 Å². The van der Waals surface area contributed by atoms with Crippen molar-refractivity contribution in [3.63, 3.8) is 0 Å². The lowest BCUT2D eigenvalue weighted by atomic mass is 9.97. The first-order valence-electron chi connectivity index (χ1n) is 16.0. The van der Waals surface area contributed by atoms with E-state index in [0.29, 0.717) is 29.5 Å². The number of halogens is 5. The van der Waals surface area contributed by atoms with Crippen LogP contribution in [0.4, 0.5) is 22.0 Å². The summed E-state index contributed by atoms with van der Waals surface area (Å²) in [4.78, 5) is 0. The van der Waals surface area contributed by atoms with E-state index >= 15 is 4.39 Å². The van der Waals surface area contributed by atoms with E-state index in [1.165, 1.54) is 5.56 Å². The Bertz CT molecular complexity index is 1980. The monoisotopic (exact) mass is 646 g/mol. The third kappa shape index (κ3) is 8.81. The zero-order chi connectivity index (χ0) is 34.1. The number of alkyl halides is 3. The molecule has 0 fully saturated rings. The van der Waals surface area contributed by atoms with Crippen LogP contribution in [0.1, 0.15) is 65.6 Å². The Kier molecular flexibility index (Phi) is 11.1. The molecule has 0 atom stereocenters. The Balaban J connectivity index is 1.20. The largest absolute Gasteiger partial charge is 0.419 e. The molecule has 0 aliphatic carbocycles. The van der Waals surface area contributed by atoms with Crippen LogP contribution in [0.15, 0.2) is 103 Å². The van der Waals surface area contributed by atoms with Gasteiger partial charge in [-0.15, -0.1) is 11.8 Å². The Morgan fingerprint density at radius 3 is 1.75 bits per heavy atom. The molecular weight excluding hydrogens is 611 g/mol. The molecule has 5 rings (SSSR count). The predicted molar refractivity (Wildman–Crippen MR) is 184 cm³/mol. The minimum atomic E-state index is -4.75. The molecule has 0 saturated heterocycles. The van der Waals surface area contributed by atoms with Gasteiger partial charge < -0.3 is 0 Å². The van der Waals surface area contributed by atoms with E-state index in [0.717, 1.165) is 65.6 Å². The Labute approximate surface area is 279 Å². The highest BCUT2D eigenvalue weighted by molar-refractivity contribution is 5.71. The molecule has 0 aliphatic rings. The standard InChI is InChI=1S/C43H35F5/c1-3-5-6-8-30-15-20-34(21-16-30)37-25-26-39(41(44)28-37)35-22-17-33(18-23-35)14-11-31-9-12-32(13-10-31)19-24-38-29-42(45)40(43(46,47)48)27-36(38)7-4-2/h9-10,12-13,15-18,20-23,25-29H,4,6-8,11,14H2,1-2H3. The van der Waals surface area contributed by atoms with Crippen molar-refractivity contribution in [2.75, 3.05) is 0 Å². The SMILES string of the molecule is CC#CCCc1ccc(-c2ccc(-c3ccc(CCc4ccc(C#Cc5cc(F)c(C(F)(F)F)cc5CCC)cc4)cc3)c(F)c2)cc1. The lowest BCUT2D eigenvalue weighted by Crippen LogP contribution is -2.10. The van der Waals surface area contributed by atoms with Gasteiger partial charge in [-0.25, -0.2) is 8.78 Å². The summed E-state index contributed by atoms with van der Waals surface area (Å²) in [7, 11) is 0. The van der Waals surface area contributed by atoms with E-state index in [-0.39, 0.29) is 11.4 Å². The van der Waals surface area contributed by atoms with Gasteiger partial charge in [0.2, 0.25) is 0 Å². The first-order chi connectivity index (χ1) is 23.1. The van der Waals surface area contributed by atoms with Gasteiger partial charge in [-0.1, -0.05) is 98.0 Å². The number of rotatable bonds is 9. The van der Waals surface area contributed by atoms with E-state index in [1.807, 2.05) is 86.6 Å². The maximum absolute atomic E-state index is 15.2. The molecule has 0 saturated carbocycles. The summed E-state index contributed by atoms with van der Waals surface area (Å²) in [6.45, 7) is 3.69. The zero-order valence-corrected chi connectivity index (χ0v) is 26.9. The van der Waals surface area contributed by atoms with Gasteiger partial charge in [-0.05, 0) is 102 Å². The quantitative estimate of drug-likeness (QED) is 0.110. The van der Waals surface area contributed by atoms with Crippen molar-refractivity contribution in [2.45, 2.75) is 58.5 Å². The summed E-state index contributed by atoms with van der Waals surface area (Å²) in [6, 6.07) is 30.8. The second-order valence-electron chi connectivity index (χ2n) is 11.7. The number of aryl methyl sites for hydroxylation is 4. The first-order valence-corrected chi connectivity index (χ1v) is 16.0. The Morgan fingerprint density at radius 1 is 0.583 bits per heavy atom. The molecule has 5 aromatic rings. The second-order valence-corrected chi connectivity index (χ2v) is 11.7. The molecule has 5 aromatic carbocycles. The van der Waals surface area contributed by atoms with Crippen LogP contribution in [0.25, 0.3) is 22.3 Å². The van der Waals surface area contributed by atoms with E-state index in [9.17, 15) is 17.6 Å². The van der Waals surface area contributed by atoms with Crippen LogP contribution < -0.4 is 0 Å². The summed E-state index contributed by atoms with van der Waals surface area (Å²) >= 11 is 0. The summed E-state index contributed by atoms with van der Waals surface area (Å²) in [5.41, 5.74) is 6.68. The highest BCUT2D eigenvalue weighted by Crippen LogP contribution is 2.33. The molecule has 0 aliphatic heterocycles. The Morgan fingerprint density at radius 2 is 1.17 bits per heavy atom. The van der Waals surface area contributed by atoms with Crippen molar-refractivity contribution < 1.29 is 22.0 Å². The van der Waals surface area contributed by atoms with Gasteiger partial charge in [-0.3, -0.25) is 0 Å². The van der Waals surface area contributed by atoms with Crippen LogP contribution in [-0.2, 0) is 31.9 Å². The molecule has 48 heavy (non-hydrogen) atoms. The van der Waals surface area contributed by atoms with Crippen LogP contribution in [-0.4, -0.2) is 0 Å². The van der Waals surface area contributed by atoms with Gasteiger partial charge in [-0.2, -0.15) is 13.2 Å². The molecule has 0 amide bonds. The van der Waals surface area contributed by atoms with Gasteiger partial charge >= 0.3 is 6.18 Å². The molecule has 0 aromatic heterocycles. The highest BCUT2D eigenvalue weighted by Gasteiger charge is 2.34. The zero-order valence-electron chi connectivity index (χ0n) is 26.9. The van der Waals surface area contributed by atoms with Gasteiger partial charge in [0, 0.05) is 23.1 Å². The van der Waals surface area contributed by atoms with Gasteiger partial charge in [0.25, 0.3) is 0 Å². The minimum absolute atomic E-state index is 0.268. The van der Waals surface area contributed by atoms with Crippen molar-refractivity contribution >= 4 is 0 Å². The maximum Gasteiger partial charge on any atom is 0.419 e. The van der Waals surface area contributed by atoms with Crippen LogP contribution in [0, 0.1) is 35.3 Å². The third-order valence-electron chi connectivity index (χ3n) is 8.25. The van der Waals surface area contributed by atoms with Gasteiger partial charge in [0.1, 0.15) is 11.6 Å². The van der Waals surface area contributed by atoms with Crippen molar-refractivity contribution in [2.24, 2.45) is 0 Å². The lowest BCUT2D eigenvalue weighted by molar-refractivity contribution is -0.140.